The molecule has 0 aliphatic heterocycles. The number of aromatic nitrogens is 2. The van der Waals surface area contributed by atoms with Crippen LogP contribution >= 0.6 is 11.3 Å². The smallest absolute Gasteiger partial charge is 0.226 e. The molecule has 0 saturated heterocycles. The summed E-state index contributed by atoms with van der Waals surface area (Å²) < 4.78 is 0. The van der Waals surface area contributed by atoms with Crippen molar-refractivity contribution in [2.24, 2.45) is 17.8 Å². The van der Waals surface area contributed by atoms with E-state index in [9.17, 15) is 4.79 Å². The van der Waals surface area contributed by atoms with Gasteiger partial charge in [-0.25, -0.2) is 4.98 Å². The Hall–Kier alpha value is -1.75. The van der Waals surface area contributed by atoms with E-state index < -0.39 is 0 Å². The molecule has 0 unspecified atom stereocenters. The molecular weight excluding hydrogens is 306 g/mol. The highest BCUT2D eigenvalue weighted by molar-refractivity contribution is 7.13. The molecule has 0 radical (unpaired) electrons. The van der Waals surface area contributed by atoms with Gasteiger partial charge in [0, 0.05) is 29.9 Å². The van der Waals surface area contributed by atoms with E-state index in [0.717, 1.165) is 34.6 Å². The van der Waals surface area contributed by atoms with Crippen molar-refractivity contribution in [2.75, 3.05) is 6.54 Å². The first kappa shape index (κ1) is 14.8. The summed E-state index contributed by atoms with van der Waals surface area (Å²) >= 11 is 1.57. The largest absolute Gasteiger partial charge is 0.355 e. The van der Waals surface area contributed by atoms with Crippen molar-refractivity contribution in [3.05, 3.63) is 35.6 Å². The lowest BCUT2D eigenvalue weighted by Crippen LogP contribution is -2.32. The van der Waals surface area contributed by atoms with Crippen LogP contribution in [-0.4, -0.2) is 22.4 Å². The van der Waals surface area contributed by atoms with Gasteiger partial charge < -0.3 is 5.32 Å². The lowest BCUT2D eigenvalue weighted by molar-refractivity contribution is -0.120. The Labute approximate surface area is 140 Å². The number of carbonyl (C=O) groups excluding carboxylic acids is 1. The second kappa shape index (κ2) is 6.40. The third kappa shape index (κ3) is 3.29. The van der Waals surface area contributed by atoms with Crippen LogP contribution in [-0.2, 0) is 11.2 Å². The van der Waals surface area contributed by atoms with Gasteiger partial charge >= 0.3 is 0 Å². The van der Waals surface area contributed by atoms with E-state index in [4.69, 9.17) is 0 Å². The Kier molecular flexibility index (Phi) is 4.12. The molecule has 2 aliphatic carbocycles. The molecule has 120 valence electrons. The minimum Gasteiger partial charge on any atom is -0.355 e. The molecule has 4 nitrogen and oxygen atoms in total. The van der Waals surface area contributed by atoms with Crippen LogP contribution in [0.4, 0.5) is 0 Å². The first-order valence-corrected chi connectivity index (χ1v) is 9.27. The van der Waals surface area contributed by atoms with Gasteiger partial charge in [0.2, 0.25) is 5.91 Å². The Balaban J connectivity index is 1.30. The molecule has 2 saturated carbocycles. The quantitative estimate of drug-likeness (QED) is 0.917. The van der Waals surface area contributed by atoms with E-state index >= 15 is 0 Å². The van der Waals surface area contributed by atoms with Crippen LogP contribution < -0.4 is 5.32 Å². The van der Waals surface area contributed by atoms with Crippen LogP contribution in [0.15, 0.2) is 29.9 Å². The lowest BCUT2D eigenvalue weighted by atomic mass is 9.89. The fourth-order valence-corrected chi connectivity index (χ4v) is 4.92. The van der Waals surface area contributed by atoms with Crippen molar-refractivity contribution in [3.8, 4) is 10.6 Å². The Morgan fingerprint density at radius 3 is 3.04 bits per heavy atom. The summed E-state index contributed by atoms with van der Waals surface area (Å²) in [7, 11) is 0. The fraction of sp³-hybridized carbons (Fsp3) is 0.500. The molecule has 3 atom stereocenters. The summed E-state index contributed by atoms with van der Waals surface area (Å²) in [4.78, 5) is 20.8. The molecule has 0 aromatic carbocycles. The minimum absolute atomic E-state index is 0.0933. The molecule has 4 rings (SSSR count). The molecule has 2 aliphatic rings. The van der Waals surface area contributed by atoms with Crippen LogP contribution in [0, 0.1) is 17.8 Å². The number of carbonyl (C=O) groups is 1. The monoisotopic (exact) mass is 327 g/mol. The van der Waals surface area contributed by atoms with Crippen molar-refractivity contribution < 1.29 is 4.79 Å². The SMILES string of the molecule is O=C(Cc1csc(-c2cccnc2)n1)NC[C@@H]1C[C@H]2CC[C@H]1C2. The molecular formula is C18H21N3OS. The number of amides is 1. The standard InChI is InChI=1S/C18H21N3OS/c22-17(20-10-15-7-12-3-4-13(15)6-12)8-16-11-23-18(21-16)14-2-1-5-19-9-14/h1-2,5,9,11-13,15H,3-4,6-8,10H2,(H,20,22)/t12-,13-,15-/m0/s1. The van der Waals surface area contributed by atoms with Gasteiger partial charge in [0.15, 0.2) is 0 Å². The van der Waals surface area contributed by atoms with Gasteiger partial charge in [-0.15, -0.1) is 11.3 Å². The molecule has 2 bridgehead atoms. The third-order valence-corrected chi connectivity index (χ3v) is 6.19. The third-order valence-electron chi connectivity index (χ3n) is 5.25. The topological polar surface area (TPSA) is 54.9 Å². The van der Waals surface area contributed by atoms with E-state index in [-0.39, 0.29) is 5.91 Å². The van der Waals surface area contributed by atoms with Gasteiger partial charge in [-0.3, -0.25) is 9.78 Å². The zero-order valence-electron chi connectivity index (χ0n) is 13.1. The van der Waals surface area contributed by atoms with Crippen molar-refractivity contribution in [1.82, 2.24) is 15.3 Å². The second-order valence-electron chi connectivity index (χ2n) is 6.80. The summed E-state index contributed by atoms with van der Waals surface area (Å²) in [5, 5.41) is 6.02. The Morgan fingerprint density at radius 2 is 2.30 bits per heavy atom. The van der Waals surface area contributed by atoms with Crippen LogP contribution in [0.2, 0.25) is 0 Å². The van der Waals surface area contributed by atoms with E-state index in [2.05, 4.69) is 15.3 Å². The number of nitrogens with one attached hydrogen (secondary N) is 1. The second-order valence-corrected chi connectivity index (χ2v) is 7.66. The summed E-state index contributed by atoms with van der Waals surface area (Å²) in [5.74, 6) is 2.59. The average Bonchev–Trinajstić information content (AvgIpc) is 3.30. The number of fused-ring (bicyclic) bond motifs is 2. The summed E-state index contributed by atoms with van der Waals surface area (Å²) in [6.07, 6.45) is 9.40. The van der Waals surface area contributed by atoms with Gasteiger partial charge in [-0.05, 0) is 49.1 Å². The van der Waals surface area contributed by atoms with Gasteiger partial charge in [0.1, 0.15) is 5.01 Å². The molecule has 0 spiro atoms. The number of pyridine rings is 1. The normalized spacial score (nSPS) is 25.7. The maximum atomic E-state index is 12.2. The lowest BCUT2D eigenvalue weighted by Gasteiger charge is -2.21. The van der Waals surface area contributed by atoms with E-state index in [1.807, 2.05) is 17.5 Å². The molecule has 1 N–H and O–H groups in total. The average molecular weight is 327 g/mol. The zero-order chi connectivity index (χ0) is 15.6. The number of nitrogens with zero attached hydrogens (tertiary/aromatic N) is 2. The fourth-order valence-electron chi connectivity index (χ4n) is 4.11. The first-order chi connectivity index (χ1) is 11.3. The maximum Gasteiger partial charge on any atom is 0.226 e. The molecule has 2 aromatic heterocycles. The van der Waals surface area contributed by atoms with Gasteiger partial charge in [-0.1, -0.05) is 6.42 Å². The van der Waals surface area contributed by atoms with Crippen molar-refractivity contribution in [1.29, 1.82) is 0 Å². The molecule has 5 heteroatoms. The summed E-state index contributed by atoms with van der Waals surface area (Å²) in [6, 6.07) is 3.89. The van der Waals surface area contributed by atoms with Crippen molar-refractivity contribution >= 4 is 17.2 Å². The van der Waals surface area contributed by atoms with Crippen LogP contribution in [0.5, 0.6) is 0 Å². The summed E-state index contributed by atoms with van der Waals surface area (Å²) in [5.41, 5.74) is 1.85. The molecule has 2 aromatic rings. The summed E-state index contributed by atoms with van der Waals surface area (Å²) in [6.45, 7) is 0.847. The number of rotatable bonds is 5. The predicted molar refractivity (Wildman–Crippen MR) is 91.0 cm³/mol. The number of hydrogen-bond donors (Lipinski definition) is 1. The number of hydrogen-bond acceptors (Lipinski definition) is 4. The van der Waals surface area contributed by atoms with Gasteiger partial charge in [0.25, 0.3) is 0 Å². The van der Waals surface area contributed by atoms with Gasteiger partial charge in [-0.2, -0.15) is 0 Å². The Bertz CT molecular complexity index is 685. The highest BCUT2D eigenvalue weighted by Crippen LogP contribution is 2.47. The first-order valence-electron chi connectivity index (χ1n) is 8.39. The molecule has 23 heavy (non-hydrogen) atoms. The zero-order valence-corrected chi connectivity index (χ0v) is 13.9. The maximum absolute atomic E-state index is 12.2. The highest BCUT2D eigenvalue weighted by Gasteiger charge is 2.39. The van der Waals surface area contributed by atoms with E-state index in [1.165, 1.54) is 25.7 Å². The van der Waals surface area contributed by atoms with Gasteiger partial charge in [0.05, 0.1) is 12.1 Å². The molecule has 2 fully saturated rings. The van der Waals surface area contributed by atoms with Crippen LogP contribution in [0.3, 0.4) is 0 Å². The van der Waals surface area contributed by atoms with Crippen molar-refractivity contribution in [2.45, 2.75) is 32.1 Å². The highest BCUT2D eigenvalue weighted by atomic mass is 32.1. The Morgan fingerprint density at radius 1 is 1.35 bits per heavy atom. The van der Waals surface area contributed by atoms with Crippen molar-refractivity contribution in [3.63, 3.8) is 0 Å². The predicted octanol–water partition coefficient (Wildman–Crippen LogP) is 3.30. The van der Waals surface area contributed by atoms with E-state index in [1.54, 1.807) is 23.7 Å². The molecule has 1 amide bonds. The minimum atomic E-state index is 0.0933. The van der Waals surface area contributed by atoms with Crippen LogP contribution in [0.25, 0.3) is 10.6 Å². The van der Waals surface area contributed by atoms with Crippen LogP contribution in [0.1, 0.15) is 31.4 Å². The molecule has 2 heterocycles. The van der Waals surface area contributed by atoms with E-state index in [0.29, 0.717) is 12.3 Å². The number of thiazole rings is 1.